The van der Waals surface area contributed by atoms with E-state index < -0.39 is 0 Å². The van der Waals surface area contributed by atoms with E-state index in [0.717, 1.165) is 6.42 Å². The van der Waals surface area contributed by atoms with Gasteiger partial charge in [0, 0.05) is 5.92 Å². The summed E-state index contributed by atoms with van der Waals surface area (Å²) in [6.45, 7) is 5.01. The predicted octanol–water partition coefficient (Wildman–Crippen LogP) is 3.59. The summed E-state index contributed by atoms with van der Waals surface area (Å²) < 4.78 is 0. The van der Waals surface area contributed by atoms with Gasteiger partial charge in [-0.25, -0.2) is 0 Å². The van der Waals surface area contributed by atoms with Gasteiger partial charge in [0.25, 0.3) is 0 Å². The van der Waals surface area contributed by atoms with E-state index in [1.54, 1.807) is 0 Å². The Morgan fingerprint density at radius 1 is 0.944 bits per heavy atom. The zero-order chi connectivity index (χ0) is 13.0. The van der Waals surface area contributed by atoms with Crippen LogP contribution in [0.1, 0.15) is 28.2 Å². The van der Waals surface area contributed by atoms with Crippen LogP contribution >= 0.6 is 0 Å². The Bertz CT molecular complexity index is 502. The molecule has 2 aromatic rings. The van der Waals surface area contributed by atoms with Gasteiger partial charge in [-0.15, -0.1) is 0 Å². The van der Waals surface area contributed by atoms with Crippen molar-refractivity contribution >= 4 is 0 Å². The lowest BCUT2D eigenvalue weighted by atomic mass is 9.91. The quantitative estimate of drug-likeness (QED) is 0.867. The van der Waals surface area contributed by atoms with Gasteiger partial charge in [0.2, 0.25) is 0 Å². The van der Waals surface area contributed by atoms with Crippen molar-refractivity contribution in [2.45, 2.75) is 26.2 Å². The predicted molar refractivity (Wildman–Crippen MR) is 77.9 cm³/mol. The fourth-order valence-corrected chi connectivity index (χ4v) is 2.28. The third-order valence-electron chi connectivity index (χ3n) is 3.61. The summed E-state index contributed by atoms with van der Waals surface area (Å²) in [5, 5.41) is 0. The SMILES string of the molecule is Cc1ccc(CC(CN)c2ccccc2)cc1C. The van der Waals surface area contributed by atoms with E-state index in [1.165, 1.54) is 22.3 Å². The van der Waals surface area contributed by atoms with Crippen molar-refractivity contribution in [1.82, 2.24) is 0 Å². The van der Waals surface area contributed by atoms with Crippen LogP contribution in [0.5, 0.6) is 0 Å². The molecule has 0 heterocycles. The van der Waals surface area contributed by atoms with Crippen LogP contribution in [-0.2, 0) is 6.42 Å². The zero-order valence-electron chi connectivity index (χ0n) is 11.2. The van der Waals surface area contributed by atoms with E-state index >= 15 is 0 Å². The molecular weight excluding hydrogens is 218 g/mol. The Morgan fingerprint density at radius 2 is 1.67 bits per heavy atom. The molecule has 94 valence electrons. The van der Waals surface area contributed by atoms with Crippen molar-refractivity contribution in [2.75, 3.05) is 6.54 Å². The summed E-state index contributed by atoms with van der Waals surface area (Å²) in [6.07, 6.45) is 1.02. The molecule has 0 aromatic heterocycles. The van der Waals surface area contributed by atoms with Gasteiger partial charge in [0.1, 0.15) is 0 Å². The fraction of sp³-hybridized carbons (Fsp3) is 0.294. The highest BCUT2D eigenvalue weighted by Crippen LogP contribution is 2.21. The first kappa shape index (κ1) is 12.8. The molecular formula is C17H21N. The summed E-state index contributed by atoms with van der Waals surface area (Å²) in [7, 11) is 0. The maximum Gasteiger partial charge on any atom is 0.000157 e. The minimum atomic E-state index is 0.410. The van der Waals surface area contributed by atoms with Crippen LogP contribution in [0.4, 0.5) is 0 Å². The molecule has 0 fully saturated rings. The van der Waals surface area contributed by atoms with E-state index in [-0.39, 0.29) is 0 Å². The Hall–Kier alpha value is -1.60. The average molecular weight is 239 g/mol. The molecule has 2 N–H and O–H groups in total. The number of rotatable bonds is 4. The number of aryl methyl sites for hydroxylation is 2. The zero-order valence-corrected chi connectivity index (χ0v) is 11.2. The van der Waals surface area contributed by atoms with Crippen LogP contribution in [0.25, 0.3) is 0 Å². The van der Waals surface area contributed by atoms with E-state index in [9.17, 15) is 0 Å². The molecule has 0 saturated heterocycles. The number of nitrogens with two attached hydrogens (primary N) is 1. The standard InChI is InChI=1S/C17H21N/c1-13-8-9-15(10-14(13)2)11-17(12-18)16-6-4-3-5-7-16/h3-10,17H,11-12,18H2,1-2H3. The average Bonchev–Trinajstić information content (AvgIpc) is 2.41. The molecule has 0 amide bonds. The molecule has 0 saturated carbocycles. The van der Waals surface area contributed by atoms with E-state index in [1.807, 2.05) is 6.07 Å². The van der Waals surface area contributed by atoms with Crippen molar-refractivity contribution in [3.63, 3.8) is 0 Å². The first-order valence-corrected chi connectivity index (χ1v) is 6.52. The van der Waals surface area contributed by atoms with Crippen LogP contribution in [0, 0.1) is 13.8 Å². The molecule has 2 aromatic carbocycles. The van der Waals surface area contributed by atoms with Crippen LogP contribution in [0.3, 0.4) is 0 Å². The molecule has 0 spiro atoms. The highest BCUT2D eigenvalue weighted by molar-refractivity contribution is 5.32. The monoisotopic (exact) mass is 239 g/mol. The number of benzene rings is 2. The van der Waals surface area contributed by atoms with Gasteiger partial charge in [-0.3, -0.25) is 0 Å². The van der Waals surface area contributed by atoms with Crippen molar-refractivity contribution in [2.24, 2.45) is 5.73 Å². The third-order valence-corrected chi connectivity index (χ3v) is 3.61. The largest absolute Gasteiger partial charge is 0.330 e. The first-order valence-electron chi connectivity index (χ1n) is 6.52. The van der Waals surface area contributed by atoms with Crippen molar-refractivity contribution in [1.29, 1.82) is 0 Å². The van der Waals surface area contributed by atoms with Gasteiger partial charge < -0.3 is 5.73 Å². The highest BCUT2D eigenvalue weighted by atomic mass is 14.5. The molecule has 1 atom stereocenters. The molecule has 0 bridgehead atoms. The van der Waals surface area contributed by atoms with Crippen molar-refractivity contribution < 1.29 is 0 Å². The summed E-state index contributed by atoms with van der Waals surface area (Å²) >= 11 is 0. The summed E-state index contributed by atoms with van der Waals surface area (Å²) in [5.41, 5.74) is 11.3. The van der Waals surface area contributed by atoms with Gasteiger partial charge in [-0.1, -0.05) is 48.5 Å². The van der Waals surface area contributed by atoms with Crippen LogP contribution in [0.2, 0.25) is 0 Å². The van der Waals surface area contributed by atoms with E-state index in [2.05, 4.69) is 56.3 Å². The number of hydrogen-bond donors (Lipinski definition) is 1. The maximum atomic E-state index is 5.92. The van der Waals surface area contributed by atoms with E-state index in [0.29, 0.717) is 12.5 Å². The summed E-state index contributed by atoms with van der Waals surface area (Å²) in [6, 6.07) is 17.2. The van der Waals surface area contributed by atoms with Crippen molar-refractivity contribution in [3.05, 3.63) is 70.8 Å². The Kier molecular flexibility index (Phi) is 4.16. The second-order valence-electron chi connectivity index (χ2n) is 4.97. The van der Waals surface area contributed by atoms with E-state index in [4.69, 9.17) is 5.73 Å². The van der Waals surface area contributed by atoms with Gasteiger partial charge in [-0.2, -0.15) is 0 Å². The topological polar surface area (TPSA) is 26.0 Å². The van der Waals surface area contributed by atoms with Gasteiger partial charge in [0.15, 0.2) is 0 Å². The van der Waals surface area contributed by atoms with Crippen LogP contribution in [-0.4, -0.2) is 6.54 Å². The molecule has 0 aliphatic heterocycles. The maximum absolute atomic E-state index is 5.92. The summed E-state index contributed by atoms with van der Waals surface area (Å²) in [4.78, 5) is 0. The fourth-order valence-electron chi connectivity index (χ4n) is 2.28. The number of hydrogen-bond acceptors (Lipinski definition) is 1. The first-order chi connectivity index (χ1) is 8.70. The van der Waals surface area contributed by atoms with Gasteiger partial charge >= 0.3 is 0 Å². The van der Waals surface area contributed by atoms with Gasteiger partial charge in [0.05, 0.1) is 0 Å². The summed E-state index contributed by atoms with van der Waals surface area (Å²) in [5.74, 6) is 0.410. The van der Waals surface area contributed by atoms with Crippen LogP contribution < -0.4 is 5.73 Å². The second kappa shape index (κ2) is 5.83. The molecule has 0 aliphatic carbocycles. The minimum absolute atomic E-state index is 0.410. The lowest BCUT2D eigenvalue weighted by Crippen LogP contribution is -2.15. The normalized spacial score (nSPS) is 12.4. The smallest absolute Gasteiger partial charge is 0.000157 e. The van der Waals surface area contributed by atoms with Crippen molar-refractivity contribution in [3.8, 4) is 0 Å². The highest BCUT2D eigenvalue weighted by Gasteiger charge is 2.10. The third kappa shape index (κ3) is 2.99. The van der Waals surface area contributed by atoms with Gasteiger partial charge in [-0.05, 0) is 49.1 Å². The lowest BCUT2D eigenvalue weighted by Gasteiger charge is -2.16. The Balaban J connectivity index is 2.18. The molecule has 18 heavy (non-hydrogen) atoms. The molecule has 0 radical (unpaired) electrons. The minimum Gasteiger partial charge on any atom is -0.330 e. The Morgan fingerprint density at radius 3 is 2.28 bits per heavy atom. The molecule has 1 heteroatoms. The molecule has 1 unspecified atom stereocenters. The molecule has 2 rings (SSSR count). The molecule has 1 nitrogen and oxygen atoms in total. The Labute approximate surface area is 110 Å². The second-order valence-corrected chi connectivity index (χ2v) is 4.97. The molecule has 0 aliphatic rings. The van der Waals surface area contributed by atoms with Crippen LogP contribution in [0.15, 0.2) is 48.5 Å². The lowest BCUT2D eigenvalue weighted by molar-refractivity contribution is 0.694.